The summed E-state index contributed by atoms with van der Waals surface area (Å²) in [4.78, 5) is 35.2. The van der Waals surface area contributed by atoms with Gasteiger partial charge in [0.1, 0.15) is 6.10 Å². The zero-order valence-corrected chi connectivity index (χ0v) is 20.1. The lowest BCUT2D eigenvalue weighted by molar-refractivity contribution is -0.385. The second kappa shape index (κ2) is 17.1. The molecule has 0 bridgehead atoms. The molecule has 33 heavy (non-hydrogen) atoms. The number of unbranched alkanes of at least 4 members (excludes halogenated alkanes) is 10. The first kappa shape index (κ1) is 28.6. The van der Waals surface area contributed by atoms with Crippen LogP contribution in [0.25, 0.3) is 0 Å². The lowest BCUT2D eigenvalue weighted by Gasteiger charge is -2.22. The fourth-order valence-electron chi connectivity index (χ4n) is 3.71. The van der Waals surface area contributed by atoms with Gasteiger partial charge in [-0.2, -0.15) is 0 Å². The molecule has 0 fully saturated rings. The van der Waals surface area contributed by atoms with Crippen LogP contribution in [-0.2, 0) is 14.3 Å². The summed E-state index contributed by atoms with van der Waals surface area (Å²) in [6.45, 7) is 3.93. The third-order valence-electron chi connectivity index (χ3n) is 5.60. The highest BCUT2D eigenvalue weighted by molar-refractivity contribution is 5.85. The number of carbonyl (C=O) groups excluding carboxylic acids is 2. The number of benzene rings is 1. The van der Waals surface area contributed by atoms with E-state index >= 15 is 0 Å². The smallest absolute Gasteiger partial charge is 0.331 e. The number of rotatable bonds is 18. The molecule has 0 spiro atoms. The van der Waals surface area contributed by atoms with E-state index in [0.29, 0.717) is 6.42 Å². The molecule has 0 radical (unpaired) electrons. The number of nitro groups is 1. The number of amides is 1. The zero-order valence-electron chi connectivity index (χ0n) is 20.1. The number of ether oxygens (including phenoxy) is 1. The minimum Gasteiger partial charge on any atom is -0.464 e. The minimum absolute atomic E-state index is 0.0888. The quantitative estimate of drug-likeness (QED) is 0.130. The fourth-order valence-corrected chi connectivity index (χ4v) is 3.71. The highest BCUT2D eigenvalue weighted by Gasteiger charge is 2.31. The first-order valence-electron chi connectivity index (χ1n) is 12.3. The largest absolute Gasteiger partial charge is 0.464 e. The van der Waals surface area contributed by atoms with E-state index in [4.69, 9.17) is 4.74 Å². The Labute approximate surface area is 197 Å². The van der Waals surface area contributed by atoms with E-state index in [1.54, 1.807) is 6.92 Å². The molecule has 2 unspecified atom stereocenters. The van der Waals surface area contributed by atoms with Crippen LogP contribution in [0.2, 0.25) is 0 Å². The maximum absolute atomic E-state index is 12.4. The number of hydrogen-bond donors (Lipinski definition) is 2. The first-order chi connectivity index (χ1) is 15.9. The van der Waals surface area contributed by atoms with Crippen LogP contribution in [0.5, 0.6) is 0 Å². The average molecular weight is 465 g/mol. The van der Waals surface area contributed by atoms with Gasteiger partial charge in [-0.1, -0.05) is 83.3 Å². The van der Waals surface area contributed by atoms with Gasteiger partial charge in [-0.25, -0.2) is 4.79 Å². The highest BCUT2D eigenvalue weighted by atomic mass is 16.6. The lowest BCUT2D eigenvalue weighted by atomic mass is 10.0. The number of aliphatic hydroxyl groups excluding tert-OH is 1. The molecule has 1 amide bonds. The molecular formula is C25H40N2O6. The SMILES string of the molecule is CCCCCCCCCCCCCC(=O)NC(C(=O)OCC)C(O)c1cccc([N+](=O)[O-])c1. The molecule has 8 heteroatoms. The Kier molecular flexibility index (Phi) is 14.8. The summed E-state index contributed by atoms with van der Waals surface area (Å²) >= 11 is 0. The molecule has 0 aliphatic carbocycles. The molecule has 0 heterocycles. The molecule has 2 atom stereocenters. The summed E-state index contributed by atoms with van der Waals surface area (Å²) in [5.74, 6) is -1.13. The number of aliphatic hydroxyl groups is 1. The number of nitrogens with zero attached hydrogens (tertiary/aromatic N) is 1. The van der Waals surface area contributed by atoms with Crippen molar-refractivity contribution in [1.29, 1.82) is 0 Å². The van der Waals surface area contributed by atoms with E-state index in [1.807, 2.05) is 0 Å². The van der Waals surface area contributed by atoms with Crippen LogP contribution < -0.4 is 5.32 Å². The van der Waals surface area contributed by atoms with Crippen LogP contribution in [-0.4, -0.2) is 34.6 Å². The monoisotopic (exact) mass is 464 g/mol. The highest BCUT2D eigenvalue weighted by Crippen LogP contribution is 2.23. The topological polar surface area (TPSA) is 119 Å². The van der Waals surface area contributed by atoms with Crippen LogP contribution in [0, 0.1) is 10.1 Å². The second-order valence-electron chi connectivity index (χ2n) is 8.38. The predicted octanol–water partition coefficient (Wildman–Crippen LogP) is 5.38. The predicted molar refractivity (Wildman–Crippen MR) is 128 cm³/mol. The minimum atomic E-state index is -1.45. The van der Waals surface area contributed by atoms with Gasteiger partial charge in [-0.15, -0.1) is 0 Å². The lowest BCUT2D eigenvalue weighted by Crippen LogP contribution is -2.46. The van der Waals surface area contributed by atoms with Gasteiger partial charge >= 0.3 is 5.97 Å². The van der Waals surface area contributed by atoms with Gasteiger partial charge in [0.2, 0.25) is 5.91 Å². The first-order valence-corrected chi connectivity index (χ1v) is 12.3. The average Bonchev–Trinajstić information content (AvgIpc) is 2.80. The molecule has 0 aliphatic rings. The Morgan fingerprint density at radius 1 is 1.00 bits per heavy atom. The Balaban J connectivity index is 2.44. The summed E-state index contributed by atoms with van der Waals surface area (Å²) in [7, 11) is 0. The Morgan fingerprint density at radius 3 is 2.12 bits per heavy atom. The molecule has 0 saturated heterocycles. The third-order valence-corrected chi connectivity index (χ3v) is 5.60. The van der Waals surface area contributed by atoms with Crippen molar-refractivity contribution in [3.63, 3.8) is 0 Å². The van der Waals surface area contributed by atoms with Crippen molar-refractivity contribution in [2.45, 2.75) is 103 Å². The van der Waals surface area contributed by atoms with Crippen molar-refractivity contribution in [2.24, 2.45) is 0 Å². The standard InChI is InChI=1S/C25H40N2O6/c1-3-5-6-7-8-9-10-11-12-13-14-18-22(28)26-23(25(30)33-4-2)24(29)20-16-15-17-21(19-20)27(31)32/h15-17,19,23-24,29H,3-14,18H2,1-2H3,(H,26,28). The van der Waals surface area contributed by atoms with Gasteiger partial charge in [-0.3, -0.25) is 14.9 Å². The van der Waals surface area contributed by atoms with Crippen LogP contribution in [0.1, 0.15) is 103 Å². The number of carbonyl (C=O) groups is 2. The van der Waals surface area contributed by atoms with E-state index in [9.17, 15) is 24.8 Å². The summed E-state index contributed by atoms with van der Waals surface area (Å²) < 4.78 is 4.99. The second-order valence-corrected chi connectivity index (χ2v) is 8.38. The number of nitrogens with one attached hydrogen (secondary N) is 1. The van der Waals surface area contributed by atoms with Crippen LogP contribution >= 0.6 is 0 Å². The molecule has 186 valence electrons. The van der Waals surface area contributed by atoms with E-state index in [0.717, 1.165) is 19.3 Å². The third kappa shape index (κ3) is 11.8. The van der Waals surface area contributed by atoms with Crippen molar-refractivity contribution in [3.8, 4) is 0 Å². The zero-order chi connectivity index (χ0) is 24.5. The summed E-state index contributed by atoms with van der Waals surface area (Å²) in [6, 6.07) is 4.05. The maximum Gasteiger partial charge on any atom is 0.331 e. The molecule has 1 aromatic carbocycles. The van der Waals surface area contributed by atoms with Gasteiger partial charge < -0.3 is 15.2 Å². The maximum atomic E-state index is 12.4. The van der Waals surface area contributed by atoms with Gasteiger partial charge in [0.05, 0.1) is 11.5 Å². The van der Waals surface area contributed by atoms with Gasteiger partial charge in [0.25, 0.3) is 5.69 Å². The molecule has 1 rings (SSSR count). The van der Waals surface area contributed by atoms with Crippen molar-refractivity contribution < 1.29 is 24.4 Å². The van der Waals surface area contributed by atoms with Crippen molar-refractivity contribution in [1.82, 2.24) is 5.32 Å². The van der Waals surface area contributed by atoms with Gasteiger partial charge in [-0.05, 0) is 18.9 Å². The number of non-ortho nitro benzene ring substituents is 1. The Bertz CT molecular complexity index is 725. The summed E-state index contributed by atoms with van der Waals surface area (Å²) in [5.41, 5.74) is -0.0429. The van der Waals surface area contributed by atoms with E-state index in [2.05, 4.69) is 12.2 Å². The van der Waals surface area contributed by atoms with Gasteiger partial charge in [0.15, 0.2) is 6.04 Å². The molecule has 0 saturated carbocycles. The molecule has 8 nitrogen and oxygen atoms in total. The Hall–Kier alpha value is -2.48. The fraction of sp³-hybridized carbons (Fsp3) is 0.680. The molecule has 1 aromatic rings. The molecule has 2 N–H and O–H groups in total. The normalized spacial score (nSPS) is 12.7. The number of nitro benzene ring substituents is 1. The van der Waals surface area contributed by atoms with Crippen LogP contribution in [0.4, 0.5) is 5.69 Å². The number of hydrogen-bond acceptors (Lipinski definition) is 6. The van der Waals surface area contributed by atoms with E-state index in [1.165, 1.54) is 69.2 Å². The molecular weight excluding hydrogens is 424 g/mol. The van der Waals surface area contributed by atoms with Gasteiger partial charge in [0, 0.05) is 18.6 Å². The van der Waals surface area contributed by atoms with Crippen molar-refractivity contribution >= 4 is 17.6 Å². The molecule has 0 aliphatic heterocycles. The summed E-state index contributed by atoms with van der Waals surface area (Å²) in [5, 5.41) is 24.2. The van der Waals surface area contributed by atoms with Crippen molar-refractivity contribution in [2.75, 3.05) is 6.61 Å². The van der Waals surface area contributed by atoms with E-state index < -0.39 is 23.0 Å². The number of esters is 1. The molecule has 0 aromatic heterocycles. The van der Waals surface area contributed by atoms with Crippen molar-refractivity contribution in [3.05, 3.63) is 39.9 Å². The Morgan fingerprint density at radius 2 is 1.58 bits per heavy atom. The summed E-state index contributed by atoms with van der Waals surface area (Å²) in [6.07, 6.45) is 11.7. The van der Waals surface area contributed by atoms with Crippen LogP contribution in [0.3, 0.4) is 0 Å². The van der Waals surface area contributed by atoms with E-state index in [-0.39, 0.29) is 30.2 Å². The van der Waals surface area contributed by atoms with Crippen LogP contribution in [0.15, 0.2) is 24.3 Å².